The predicted molar refractivity (Wildman–Crippen MR) is 92.3 cm³/mol. The third-order valence-corrected chi connectivity index (χ3v) is 5.05. The van der Waals surface area contributed by atoms with E-state index < -0.39 is 0 Å². The van der Waals surface area contributed by atoms with Crippen LogP contribution in [0.2, 0.25) is 0 Å². The van der Waals surface area contributed by atoms with Crippen LogP contribution in [-0.4, -0.2) is 21.4 Å². The fourth-order valence-corrected chi connectivity index (χ4v) is 3.54. The maximum absolute atomic E-state index is 13.7. The largest absolute Gasteiger partial charge is 0.485 e. The van der Waals surface area contributed by atoms with Crippen molar-refractivity contribution in [1.29, 1.82) is 0 Å². The Kier molecular flexibility index (Phi) is 4.31. The highest BCUT2D eigenvalue weighted by atomic mass is 32.2. The van der Waals surface area contributed by atoms with Gasteiger partial charge in [0.1, 0.15) is 12.4 Å². The van der Waals surface area contributed by atoms with Crippen LogP contribution >= 0.6 is 11.8 Å². The van der Waals surface area contributed by atoms with Crippen molar-refractivity contribution < 1.29 is 13.9 Å². The minimum absolute atomic E-state index is 0.210. The summed E-state index contributed by atoms with van der Waals surface area (Å²) in [4.78, 5) is 0. The second-order valence-electron chi connectivity index (χ2n) is 5.64. The Morgan fingerprint density at radius 1 is 1.12 bits per heavy atom. The second kappa shape index (κ2) is 6.76. The Morgan fingerprint density at radius 2 is 1.88 bits per heavy atom. The van der Waals surface area contributed by atoms with Crippen LogP contribution in [0.15, 0.2) is 53.7 Å². The summed E-state index contributed by atoms with van der Waals surface area (Å²) in [6, 6.07) is 14.3. The number of fused-ring (bicyclic) bond motifs is 1. The molecule has 1 aliphatic rings. The highest BCUT2D eigenvalue weighted by Crippen LogP contribution is 2.36. The molecular formula is C18H16FN3O2S. The van der Waals surface area contributed by atoms with Gasteiger partial charge in [-0.1, -0.05) is 42.1 Å². The molecule has 0 bridgehead atoms. The third kappa shape index (κ3) is 3.19. The van der Waals surface area contributed by atoms with Gasteiger partial charge in [-0.2, -0.15) is 0 Å². The molecule has 0 N–H and O–H groups in total. The average Bonchev–Trinajstić information content (AvgIpc) is 3.01. The van der Waals surface area contributed by atoms with E-state index in [9.17, 15) is 4.39 Å². The fourth-order valence-electron chi connectivity index (χ4n) is 2.64. The number of ether oxygens (including phenoxy) is 2. The summed E-state index contributed by atoms with van der Waals surface area (Å²) >= 11 is 1.44. The highest BCUT2D eigenvalue weighted by Gasteiger charge is 2.27. The van der Waals surface area contributed by atoms with E-state index in [1.807, 2.05) is 41.9 Å². The van der Waals surface area contributed by atoms with Crippen molar-refractivity contribution in [3.63, 3.8) is 0 Å². The maximum atomic E-state index is 13.7. The van der Waals surface area contributed by atoms with E-state index in [0.29, 0.717) is 34.7 Å². The van der Waals surface area contributed by atoms with Crippen LogP contribution in [0.25, 0.3) is 0 Å². The van der Waals surface area contributed by atoms with Crippen molar-refractivity contribution in [1.82, 2.24) is 14.8 Å². The van der Waals surface area contributed by atoms with Crippen LogP contribution < -0.4 is 9.47 Å². The summed E-state index contributed by atoms with van der Waals surface area (Å²) in [7, 11) is 1.88. The second-order valence-corrected chi connectivity index (χ2v) is 6.59. The number of hydrogen-bond donors (Lipinski definition) is 0. The number of aromatic nitrogens is 3. The lowest BCUT2D eigenvalue weighted by atomic mass is 10.2. The molecule has 2 aromatic carbocycles. The van der Waals surface area contributed by atoms with Crippen LogP contribution in [0.3, 0.4) is 0 Å². The molecule has 0 aliphatic carbocycles. The van der Waals surface area contributed by atoms with Gasteiger partial charge in [0, 0.05) is 12.8 Å². The van der Waals surface area contributed by atoms with E-state index in [2.05, 4.69) is 10.2 Å². The molecule has 1 unspecified atom stereocenters. The monoisotopic (exact) mass is 357 g/mol. The first kappa shape index (κ1) is 16.0. The van der Waals surface area contributed by atoms with E-state index in [0.717, 1.165) is 5.75 Å². The van der Waals surface area contributed by atoms with E-state index >= 15 is 0 Å². The zero-order valence-electron chi connectivity index (χ0n) is 13.6. The number of rotatable bonds is 4. The van der Waals surface area contributed by atoms with E-state index in [1.165, 1.54) is 17.8 Å². The van der Waals surface area contributed by atoms with Crippen molar-refractivity contribution in [2.75, 3.05) is 6.61 Å². The summed E-state index contributed by atoms with van der Waals surface area (Å²) in [5.41, 5.74) is 0.642. The molecule has 0 spiro atoms. The summed E-state index contributed by atoms with van der Waals surface area (Å²) < 4.78 is 27.3. The molecule has 1 aliphatic heterocycles. The zero-order valence-corrected chi connectivity index (χ0v) is 14.4. The molecule has 25 heavy (non-hydrogen) atoms. The standard InChI is InChI=1S/C18H16FN3O2S/c1-22-17(16-10-23-14-8-4-5-9-15(14)24-16)20-21-18(22)25-11-12-6-2-3-7-13(12)19/h2-9,16H,10-11H2,1H3. The summed E-state index contributed by atoms with van der Waals surface area (Å²) in [5, 5.41) is 9.16. The van der Waals surface area contributed by atoms with Crippen molar-refractivity contribution >= 4 is 11.8 Å². The quantitative estimate of drug-likeness (QED) is 0.666. The normalized spacial score (nSPS) is 16.0. The highest BCUT2D eigenvalue weighted by molar-refractivity contribution is 7.98. The molecule has 2 heterocycles. The molecule has 7 heteroatoms. The molecule has 0 saturated carbocycles. The van der Waals surface area contributed by atoms with Crippen LogP contribution in [0.1, 0.15) is 17.5 Å². The molecule has 0 amide bonds. The molecule has 4 rings (SSSR count). The first-order chi connectivity index (χ1) is 12.2. The smallest absolute Gasteiger partial charge is 0.192 e. The molecule has 0 radical (unpaired) electrons. The number of para-hydroxylation sites is 2. The lowest BCUT2D eigenvalue weighted by molar-refractivity contribution is 0.0825. The van der Waals surface area contributed by atoms with E-state index in [-0.39, 0.29) is 11.9 Å². The summed E-state index contributed by atoms with van der Waals surface area (Å²) in [5.74, 6) is 2.39. The molecule has 5 nitrogen and oxygen atoms in total. The van der Waals surface area contributed by atoms with Gasteiger partial charge in [-0.3, -0.25) is 0 Å². The SMILES string of the molecule is Cn1c(SCc2ccccc2F)nnc1C1COc2ccccc2O1. The van der Waals surface area contributed by atoms with Crippen LogP contribution in [0.4, 0.5) is 4.39 Å². The number of benzene rings is 2. The maximum Gasteiger partial charge on any atom is 0.192 e. The molecule has 128 valence electrons. The number of hydrogen-bond acceptors (Lipinski definition) is 5. The molecule has 0 fully saturated rings. The van der Waals surface area contributed by atoms with Crippen LogP contribution in [0, 0.1) is 5.82 Å². The lowest BCUT2D eigenvalue weighted by Gasteiger charge is -2.25. The van der Waals surface area contributed by atoms with Gasteiger partial charge in [0.25, 0.3) is 0 Å². The predicted octanol–water partition coefficient (Wildman–Crippen LogP) is 3.76. The van der Waals surface area contributed by atoms with Gasteiger partial charge in [0.2, 0.25) is 0 Å². The molecule has 1 atom stereocenters. The van der Waals surface area contributed by atoms with Crippen molar-refractivity contribution in [2.24, 2.45) is 7.05 Å². The van der Waals surface area contributed by atoms with Gasteiger partial charge >= 0.3 is 0 Å². The number of nitrogens with zero attached hydrogens (tertiary/aromatic N) is 3. The Labute approximate surface area is 148 Å². The first-order valence-electron chi connectivity index (χ1n) is 7.86. The first-order valence-corrected chi connectivity index (χ1v) is 8.85. The van der Waals surface area contributed by atoms with E-state index in [4.69, 9.17) is 9.47 Å². The number of halogens is 1. The fraction of sp³-hybridized carbons (Fsp3) is 0.222. The van der Waals surface area contributed by atoms with Gasteiger partial charge in [0.15, 0.2) is 28.6 Å². The van der Waals surface area contributed by atoms with Crippen LogP contribution in [-0.2, 0) is 12.8 Å². The molecule has 0 saturated heterocycles. The Hall–Kier alpha value is -2.54. The lowest BCUT2D eigenvalue weighted by Crippen LogP contribution is -2.24. The molecular weight excluding hydrogens is 341 g/mol. The van der Waals surface area contributed by atoms with Gasteiger partial charge in [0.05, 0.1) is 0 Å². The van der Waals surface area contributed by atoms with Gasteiger partial charge in [-0.15, -0.1) is 10.2 Å². The molecule has 1 aromatic heterocycles. The minimum Gasteiger partial charge on any atom is -0.485 e. The van der Waals surface area contributed by atoms with Gasteiger partial charge in [-0.25, -0.2) is 4.39 Å². The Bertz CT molecular complexity index is 900. The van der Waals surface area contributed by atoms with E-state index in [1.54, 1.807) is 12.1 Å². The third-order valence-electron chi connectivity index (χ3n) is 3.98. The van der Waals surface area contributed by atoms with Gasteiger partial charge < -0.3 is 14.0 Å². The van der Waals surface area contributed by atoms with Crippen molar-refractivity contribution in [3.05, 3.63) is 65.7 Å². The average molecular weight is 357 g/mol. The zero-order chi connectivity index (χ0) is 17.2. The Morgan fingerprint density at radius 3 is 2.72 bits per heavy atom. The van der Waals surface area contributed by atoms with Gasteiger partial charge in [-0.05, 0) is 23.8 Å². The molecule has 3 aromatic rings. The minimum atomic E-state index is -0.324. The van der Waals surface area contributed by atoms with Crippen molar-refractivity contribution in [2.45, 2.75) is 17.0 Å². The number of thioether (sulfide) groups is 1. The topological polar surface area (TPSA) is 49.2 Å². The summed E-state index contributed by atoms with van der Waals surface area (Å²) in [6.07, 6.45) is -0.324. The Balaban J connectivity index is 1.49. The summed E-state index contributed by atoms with van der Waals surface area (Å²) in [6.45, 7) is 0.376. The van der Waals surface area contributed by atoms with Crippen LogP contribution in [0.5, 0.6) is 11.5 Å². The van der Waals surface area contributed by atoms with Crippen molar-refractivity contribution in [3.8, 4) is 11.5 Å².